The number of amides is 1. The van der Waals surface area contributed by atoms with Crippen LogP contribution in [0.1, 0.15) is 5.56 Å². The zero-order valence-electron chi connectivity index (χ0n) is 7.73. The normalized spacial score (nSPS) is 15.0. The van der Waals surface area contributed by atoms with Gasteiger partial charge in [-0.15, -0.1) is 0 Å². The third-order valence-electron chi connectivity index (χ3n) is 2.10. The molecule has 0 aliphatic carbocycles. The van der Waals surface area contributed by atoms with Gasteiger partial charge >= 0.3 is 0 Å². The zero-order chi connectivity index (χ0) is 10.8. The van der Waals surface area contributed by atoms with Crippen molar-refractivity contribution >= 4 is 28.9 Å². The number of hydrogen-bond donors (Lipinski definition) is 1. The second kappa shape index (κ2) is 3.67. The predicted octanol–water partition coefficient (Wildman–Crippen LogP) is 0.779. The Kier molecular flexibility index (Phi) is 2.35. The fourth-order valence-corrected chi connectivity index (χ4v) is 1.65. The first kappa shape index (κ1) is 9.62. The fraction of sp³-hybridized carbons (Fsp3) is 0.100. The highest BCUT2D eigenvalue weighted by atomic mass is 32.1. The molecule has 0 spiro atoms. The van der Waals surface area contributed by atoms with Crippen LogP contribution in [0.3, 0.4) is 0 Å². The number of nitrogens with one attached hydrogen (secondary N) is 1. The quantitative estimate of drug-likeness (QED) is 0.706. The lowest BCUT2D eigenvalue weighted by atomic mass is 10.2. The SMILES string of the molecule is N#Cc1ccc(N2CC(=O)NC2=S)cc1. The standard InChI is InChI=1S/C10H7N3OS/c11-5-7-1-3-8(4-2-7)13-6-9(14)12-10(13)15/h1-4H,6H2,(H,12,14,15). The molecule has 0 saturated carbocycles. The summed E-state index contributed by atoms with van der Waals surface area (Å²) in [6, 6.07) is 8.96. The summed E-state index contributed by atoms with van der Waals surface area (Å²) in [5.41, 5.74) is 1.40. The molecule has 1 aliphatic heterocycles. The third kappa shape index (κ3) is 1.80. The van der Waals surface area contributed by atoms with Crippen molar-refractivity contribution in [2.24, 2.45) is 0 Å². The highest BCUT2D eigenvalue weighted by Crippen LogP contribution is 2.17. The van der Waals surface area contributed by atoms with E-state index in [-0.39, 0.29) is 12.5 Å². The van der Waals surface area contributed by atoms with Gasteiger partial charge < -0.3 is 10.2 Å². The van der Waals surface area contributed by atoms with E-state index in [4.69, 9.17) is 17.5 Å². The minimum atomic E-state index is -0.107. The molecule has 15 heavy (non-hydrogen) atoms. The van der Waals surface area contributed by atoms with Crippen molar-refractivity contribution in [3.8, 4) is 6.07 Å². The molecule has 4 nitrogen and oxygen atoms in total. The molecule has 0 radical (unpaired) electrons. The molecular formula is C10H7N3OS. The number of carbonyl (C=O) groups is 1. The molecule has 0 bridgehead atoms. The Balaban J connectivity index is 2.27. The van der Waals surface area contributed by atoms with E-state index in [0.29, 0.717) is 10.7 Å². The minimum absolute atomic E-state index is 0.107. The van der Waals surface area contributed by atoms with Gasteiger partial charge in [-0.3, -0.25) is 4.79 Å². The lowest BCUT2D eigenvalue weighted by Gasteiger charge is -2.14. The highest BCUT2D eigenvalue weighted by Gasteiger charge is 2.24. The molecular weight excluding hydrogens is 210 g/mol. The van der Waals surface area contributed by atoms with E-state index in [9.17, 15) is 4.79 Å². The number of hydrogen-bond acceptors (Lipinski definition) is 3. The average Bonchev–Trinajstić information content (AvgIpc) is 2.58. The molecule has 2 rings (SSSR count). The summed E-state index contributed by atoms with van der Waals surface area (Å²) in [4.78, 5) is 12.8. The van der Waals surface area contributed by atoms with Crippen molar-refractivity contribution in [1.82, 2.24) is 5.32 Å². The second-order valence-electron chi connectivity index (χ2n) is 3.10. The topological polar surface area (TPSA) is 56.1 Å². The lowest BCUT2D eigenvalue weighted by molar-refractivity contribution is -0.117. The third-order valence-corrected chi connectivity index (χ3v) is 2.42. The molecule has 1 heterocycles. The number of thiocarbonyl (C=S) groups is 1. The fourth-order valence-electron chi connectivity index (χ4n) is 1.37. The molecule has 1 aromatic carbocycles. The Bertz CT molecular complexity index is 461. The minimum Gasteiger partial charge on any atom is -0.309 e. The van der Waals surface area contributed by atoms with Gasteiger partial charge in [-0.25, -0.2) is 0 Å². The summed E-state index contributed by atoms with van der Waals surface area (Å²) < 4.78 is 0. The predicted molar refractivity (Wildman–Crippen MR) is 59.2 cm³/mol. The maximum Gasteiger partial charge on any atom is 0.246 e. The summed E-state index contributed by atoms with van der Waals surface area (Å²) in [6.07, 6.45) is 0. The summed E-state index contributed by atoms with van der Waals surface area (Å²) in [5, 5.41) is 11.6. The van der Waals surface area contributed by atoms with Gasteiger partial charge in [0.2, 0.25) is 5.91 Å². The second-order valence-corrected chi connectivity index (χ2v) is 3.48. The van der Waals surface area contributed by atoms with E-state index >= 15 is 0 Å². The first-order valence-electron chi connectivity index (χ1n) is 4.32. The Hall–Kier alpha value is -1.93. The van der Waals surface area contributed by atoms with Gasteiger partial charge in [-0.2, -0.15) is 5.26 Å². The highest BCUT2D eigenvalue weighted by molar-refractivity contribution is 7.80. The van der Waals surface area contributed by atoms with E-state index < -0.39 is 0 Å². The lowest BCUT2D eigenvalue weighted by Crippen LogP contribution is -2.27. The summed E-state index contributed by atoms with van der Waals surface area (Å²) >= 11 is 4.99. The van der Waals surface area contributed by atoms with Crippen molar-refractivity contribution in [2.45, 2.75) is 0 Å². The number of carbonyl (C=O) groups excluding carboxylic acids is 1. The molecule has 1 N–H and O–H groups in total. The molecule has 0 aromatic heterocycles. The molecule has 1 fully saturated rings. The van der Waals surface area contributed by atoms with Crippen molar-refractivity contribution in [3.05, 3.63) is 29.8 Å². The van der Waals surface area contributed by atoms with Crippen LogP contribution in [-0.4, -0.2) is 17.6 Å². The van der Waals surface area contributed by atoms with Gasteiger partial charge in [0.1, 0.15) is 6.54 Å². The van der Waals surface area contributed by atoms with Crippen LogP contribution in [0.5, 0.6) is 0 Å². The Morgan fingerprint density at radius 3 is 2.53 bits per heavy atom. The number of rotatable bonds is 1. The molecule has 1 amide bonds. The van der Waals surface area contributed by atoms with Gasteiger partial charge in [0.15, 0.2) is 5.11 Å². The Labute approximate surface area is 92.1 Å². The Morgan fingerprint density at radius 1 is 1.40 bits per heavy atom. The van der Waals surface area contributed by atoms with Crippen molar-refractivity contribution in [1.29, 1.82) is 5.26 Å². The maximum absolute atomic E-state index is 11.1. The largest absolute Gasteiger partial charge is 0.309 e. The van der Waals surface area contributed by atoms with Gasteiger partial charge in [0.05, 0.1) is 11.6 Å². The van der Waals surface area contributed by atoms with Crippen molar-refractivity contribution in [2.75, 3.05) is 11.4 Å². The average molecular weight is 217 g/mol. The molecule has 5 heteroatoms. The summed E-state index contributed by atoms with van der Waals surface area (Å²) in [7, 11) is 0. The number of anilines is 1. The molecule has 1 saturated heterocycles. The molecule has 1 aliphatic rings. The van der Waals surface area contributed by atoms with Gasteiger partial charge in [-0.1, -0.05) is 0 Å². The molecule has 0 atom stereocenters. The van der Waals surface area contributed by atoms with Crippen LogP contribution in [0.25, 0.3) is 0 Å². The smallest absolute Gasteiger partial charge is 0.246 e. The van der Waals surface area contributed by atoms with Gasteiger partial charge in [-0.05, 0) is 36.5 Å². The number of nitriles is 1. The van der Waals surface area contributed by atoms with Crippen LogP contribution in [0.4, 0.5) is 5.69 Å². The summed E-state index contributed by atoms with van der Waals surface area (Å²) in [5.74, 6) is -0.107. The maximum atomic E-state index is 11.1. The van der Waals surface area contributed by atoms with Crippen LogP contribution in [0.2, 0.25) is 0 Å². The monoisotopic (exact) mass is 217 g/mol. The van der Waals surface area contributed by atoms with Crippen molar-refractivity contribution in [3.63, 3.8) is 0 Å². The molecule has 0 unspecified atom stereocenters. The van der Waals surface area contributed by atoms with E-state index in [1.54, 1.807) is 29.2 Å². The first-order chi connectivity index (χ1) is 7.20. The molecule has 1 aromatic rings. The van der Waals surface area contributed by atoms with Gasteiger partial charge in [0.25, 0.3) is 0 Å². The first-order valence-corrected chi connectivity index (χ1v) is 4.73. The summed E-state index contributed by atoms with van der Waals surface area (Å²) in [6.45, 7) is 0.241. The van der Waals surface area contributed by atoms with E-state index in [1.807, 2.05) is 6.07 Å². The van der Waals surface area contributed by atoms with E-state index in [1.165, 1.54) is 0 Å². The Morgan fingerprint density at radius 2 is 2.07 bits per heavy atom. The van der Waals surface area contributed by atoms with Gasteiger partial charge in [0, 0.05) is 5.69 Å². The van der Waals surface area contributed by atoms with Crippen LogP contribution in [-0.2, 0) is 4.79 Å². The van der Waals surface area contributed by atoms with Crippen LogP contribution < -0.4 is 10.2 Å². The zero-order valence-corrected chi connectivity index (χ0v) is 8.54. The van der Waals surface area contributed by atoms with Crippen molar-refractivity contribution < 1.29 is 4.79 Å². The molecule has 74 valence electrons. The number of benzene rings is 1. The van der Waals surface area contributed by atoms with Crippen LogP contribution >= 0.6 is 12.2 Å². The number of nitrogens with zero attached hydrogens (tertiary/aromatic N) is 2. The van der Waals surface area contributed by atoms with E-state index in [2.05, 4.69) is 5.32 Å². The van der Waals surface area contributed by atoms with E-state index in [0.717, 1.165) is 5.69 Å². The van der Waals surface area contributed by atoms with Crippen LogP contribution in [0.15, 0.2) is 24.3 Å². The van der Waals surface area contributed by atoms with Crippen LogP contribution in [0, 0.1) is 11.3 Å².